The largest absolute Gasteiger partial charge is 0.378 e. The molecule has 0 saturated carbocycles. The van der Waals surface area contributed by atoms with E-state index in [1.807, 2.05) is 60.1 Å². The van der Waals surface area contributed by atoms with Gasteiger partial charge in [-0.15, -0.1) is 0 Å². The van der Waals surface area contributed by atoms with Gasteiger partial charge in [0, 0.05) is 50.1 Å². The number of nitrogens with zero attached hydrogens (tertiary/aromatic N) is 3. The van der Waals surface area contributed by atoms with E-state index in [4.69, 9.17) is 4.52 Å². The van der Waals surface area contributed by atoms with Crippen LogP contribution in [-0.2, 0) is 17.8 Å². The van der Waals surface area contributed by atoms with Crippen molar-refractivity contribution in [2.45, 2.75) is 19.4 Å². The van der Waals surface area contributed by atoms with E-state index in [1.54, 1.807) is 11.3 Å². The third-order valence-corrected chi connectivity index (χ3v) is 4.44. The number of amides is 1. The van der Waals surface area contributed by atoms with Crippen LogP contribution < -0.4 is 10.2 Å². The second-order valence-electron chi connectivity index (χ2n) is 5.86. The summed E-state index contributed by atoms with van der Waals surface area (Å²) in [6.45, 7) is 0.510. The Balaban J connectivity index is 1.45. The number of benzene rings is 1. The lowest BCUT2D eigenvalue weighted by atomic mass is 10.2. The van der Waals surface area contributed by atoms with Crippen molar-refractivity contribution in [1.29, 1.82) is 0 Å². The van der Waals surface area contributed by atoms with Gasteiger partial charge in [0.05, 0.1) is 0 Å². The number of hydrogen-bond donors (Lipinski definition) is 1. The molecule has 0 spiro atoms. The molecule has 0 radical (unpaired) electrons. The third-order valence-electron chi connectivity index (χ3n) is 3.76. The van der Waals surface area contributed by atoms with Crippen LogP contribution >= 0.6 is 11.3 Å². The fraction of sp³-hybridized carbons (Fsp3) is 0.278. The first-order valence-electron chi connectivity index (χ1n) is 8.00. The normalized spacial score (nSPS) is 10.6. The zero-order valence-corrected chi connectivity index (χ0v) is 15.0. The lowest BCUT2D eigenvalue weighted by Gasteiger charge is -2.12. The van der Waals surface area contributed by atoms with Gasteiger partial charge in [-0.1, -0.05) is 17.3 Å². The number of thiophene rings is 1. The van der Waals surface area contributed by atoms with Crippen molar-refractivity contribution in [1.82, 2.24) is 15.5 Å². The Morgan fingerprint density at radius 1 is 1.24 bits per heavy atom. The first-order valence-corrected chi connectivity index (χ1v) is 8.94. The minimum Gasteiger partial charge on any atom is -0.378 e. The van der Waals surface area contributed by atoms with E-state index < -0.39 is 0 Å². The first kappa shape index (κ1) is 17.2. The summed E-state index contributed by atoms with van der Waals surface area (Å²) in [5.41, 5.74) is 3.13. The quantitative estimate of drug-likeness (QED) is 0.704. The predicted molar refractivity (Wildman–Crippen MR) is 98.5 cm³/mol. The molecule has 1 aromatic carbocycles. The second-order valence-corrected chi connectivity index (χ2v) is 6.64. The highest BCUT2D eigenvalue weighted by molar-refractivity contribution is 7.08. The Hall–Kier alpha value is -2.67. The van der Waals surface area contributed by atoms with Crippen LogP contribution in [0.5, 0.6) is 0 Å². The highest BCUT2D eigenvalue weighted by Crippen LogP contribution is 2.19. The second kappa shape index (κ2) is 7.94. The summed E-state index contributed by atoms with van der Waals surface area (Å²) in [4.78, 5) is 18.3. The van der Waals surface area contributed by atoms with Gasteiger partial charge in [0.2, 0.25) is 17.6 Å². The minimum atomic E-state index is -0.0352. The molecule has 7 heteroatoms. The molecule has 3 aromatic rings. The maximum atomic E-state index is 12.0. The van der Waals surface area contributed by atoms with Crippen LogP contribution in [0.1, 0.15) is 17.9 Å². The molecule has 25 heavy (non-hydrogen) atoms. The van der Waals surface area contributed by atoms with Crippen molar-refractivity contribution >= 4 is 22.9 Å². The predicted octanol–water partition coefficient (Wildman–Crippen LogP) is 3.11. The van der Waals surface area contributed by atoms with E-state index in [2.05, 4.69) is 15.5 Å². The maximum Gasteiger partial charge on any atom is 0.227 e. The van der Waals surface area contributed by atoms with Gasteiger partial charge >= 0.3 is 0 Å². The summed E-state index contributed by atoms with van der Waals surface area (Å²) in [5, 5.41) is 10.8. The molecule has 0 aliphatic carbocycles. The van der Waals surface area contributed by atoms with E-state index in [1.165, 1.54) is 0 Å². The molecule has 2 aromatic heterocycles. The number of anilines is 1. The van der Waals surface area contributed by atoms with E-state index in [0.29, 0.717) is 31.1 Å². The van der Waals surface area contributed by atoms with Crippen molar-refractivity contribution in [3.05, 3.63) is 52.5 Å². The summed E-state index contributed by atoms with van der Waals surface area (Å²) in [5.74, 6) is 1.01. The summed E-state index contributed by atoms with van der Waals surface area (Å²) >= 11 is 1.58. The molecule has 0 aliphatic rings. The Morgan fingerprint density at radius 3 is 2.72 bits per heavy atom. The molecular weight excluding hydrogens is 336 g/mol. The smallest absolute Gasteiger partial charge is 0.227 e. The van der Waals surface area contributed by atoms with Gasteiger partial charge in [-0.05, 0) is 29.1 Å². The topological polar surface area (TPSA) is 71.3 Å². The standard InChI is InChI=1S/C18H20N4O2S/c1-22(2)15-5-3-13(4-6-15)11-19-16(23)7-8-17-20-18(21-24-17)14-9-10-25-12-14/h3-6,9-10,12H,7-8,11H2,1-2H3,(H,19,23). The van der Waals surface area contributed by atoms with Gasteiger partial charge in [0.25, 0.3) is 0 Å². The fourth-order valence-electron chi connectivity index (χ4n) is 2.29. The van der Waals surface area contributed by atoms with Gasteiger partial charge in [0.1, 0.15) is 0 Å². The van der Waals surface area contributed by atoms with Gasteiger partial charge in [-0.3, -0.25) is 4.79 Å². The molecule has 6 nitrogen and oxygen atoms in total. The van der Waals surface area contributed by atoms with Crippen LogP contribution in [0, 0.1) is 0 Å². The van der Waals surface area contributed by atoms with Crippen molar-refractivity contribution < 1.29 is 9.32 Å². The molecule has 0 saturated heterocycles. The zero-order valence-electron chi connectivity index (χ0n) is 14.2. The van der Waals surface area contributed by atoms with Gasteiger partial charge < -0.3 is 14.7 Å². The average Bonchev–Trinajstić information content (AvgIpc) is 3.29. The molecule has 0 bridgehead atoms. The van der Waals surface area contributed by atoms with E-state index in [-0.39, 0.29) is 5.91 Å². The molecule has 130 valence electrons. The Morgan fingerprint density at radius 2 is 2.04 bits per heavy atom. The highest BCUT2D eigenvalue weighted by atomic mass is 32.1. The van der Waals surface area contributed by atoms with Crippen LogP contribution in [-0.4, -0.2) is 30.1 Å². The molecular formula is C18H20N4O2S. The third kappa shape index (κ3) is 4.67. The molecule has 0 unspecified atom stereocenters. The minimum absolute atomic E-state index is 0.0352. The van der Waals surface area contributed by atoms with Crippen LogP contribution in [0.4, 0.5) is 5.69 Å². The number of carbonyl (C=O) groups excluding carboxylic acids is 1. The highest BCUT2D eigenvalue weighted by Gasteiger charge is 2.11. The Bertz CT molecular complexity index is 810. The van der Waals surface area contributed by atoms with Crippen molar-refractivity contribution in [2.24, 2.45) is 0 Å². The number of aromatic nitrogens is 2. The SMILES string of the molecule is CN(C)c1ccc(CNC(=O)CCc2nc(-c3ccsc3)no2)cc1. The molecule has 1 N–H and O–H groups in total. The van der Waals surface area contributed by atoms with Crippen LogP contribution in [0.15, 0.2) is 45.6 Å². The van der Waals surface area contributed by atoms with Gasteiger partial charge in [-0.2, -0.15) is 16.3 Å². The van der Waals surface area contributed by atoms with Gasteiger partial charge in [-0.25, -0.2) is 0 Å². The molecule has 0 aliphatic heterocycles. The summed E-state index contributed by atoms with van der Waals surface area (Å²) in [7, 11) is 4.00. The maximum absolute atomic E-state index is 12.0. The Kier molecular flexibility index (Phi) is 5.45. The molecule has 3 rings (SSSR count). The van der Waals surface area contributed by atoms with Crippen molar-refractivity contribution in [3.8, 4) is 11.4 Å². The molecule has 2 heterocycles. The Labute approximate surface area is 150 Å². The van der Waals surface area contributed by atoms with Crippen molar-refractivity contribution in [3.63, 3.8) is 0 Å². The average molecular weight is 356 g/mol. The van der Waals surface area contributed by atoms with E-state index in [9.17, 15) is 4.79 Å². The van der Waals surface area contributed by atoms with Crippen molar-refractivity contribution in [2.75, 3.05) is 19.0 Å². The summed E-state index contributed by atoms with van der Waals surface area (Å²) < 4.78 is 5.20. The lowest BCUT2D eigenvalue weighted by Crippen LogP contribution is -2.23. The summed E-state index contributed by atoms with van der Waals surface area (Å²) in [6.07, 6.45) is 0.754. The molecule has 0 fully saturated rings. The van der Waals surface area contributed by atoms with Gasteiger partial charge in [0.15, 0.2) is 0 Å². The lowest BCUT2D eigenvalue weighted by molar-refractivity contribution is -0.121. The molecule has 1 amide bonds. The van der Waals surface area contributed by atoms with E-state index in [0.717, 1.165) is 16.8 Å². The summed E-state index contributed by atoms with van der Waals surface area (Å²) in [6, 6.07) is 10.0. The van der Waals surface area contributed by atoms with Crippen LogP contribution in [0.2, 0.25) is 0 Å². The fourth-order valence-corrected chi connectivity index (χ4v) is 2.92. The van der Waals surface area contributed by atoms with Crippen LogP contribution in [0.3, 0.4) is 0 Å². The first-order chi connectivity index (χ1) is 12.1. The molecule has 0 atom stereocenters. The number of carbonyl (C=O) groups is 1. The number of rotatable bonds is 7. The van der Waals surface area contributed by atoms with Crippen LogP contribution in [0.25, 0.3) is 11.4 Å². The monoisotopic (exact) mass is 356 g/mol. The number of aryl methyl sites for hydroxylation is 1. The number of hydrogen-bond acceptors (Lipinski definition) is 6. The van der Waals surface area contributed by atoms with E-state index >= 15 is 0 Å². The number of nitrogens with one attached hydrogen (secondary N) is 1. The zero-order chi connectivity index (χ0) is 17.6.